The Bertz CT molecular complexity index is 1330. The van der Waals surface area contributed by atoms with Gasteiger partial charge >= 0.3 is 11.6 Å². The summed E-state index contributed by atoms with van der Waals surface area (Å²) in [5.41, 5.74) is -0.474. The molecule has 0 aliphatic carbocycles. The van der Waals surface area contributed by atoms with Crippen LogP contribution in [0.4, 0.5) is 0 Å². The van der Waals surface area contributed by atoms with Crippen molar-refractivity contribution >= 4 is 28.9 Å². The quantitative estimate of drug-likeness (QED) is 0.193. The van der Waals surface area contributed by atoms with Gasteiger partial charge in [0.1, 0.15) is 34.3 Å². The first kappa shape index (κ1) is 23.3. The van der Waals surface area contributed by atoms with E-state index in [1.54, 1.807) is 30.3 Å². The lowest BCUT2D eigenvalue weighted by Crippen LogP contribution is -2.31. The van der Waals surface area contributed by atoms with Gasteiger partial charge in [0.2, 0.25) is 0 Å². The van der Waals surface area contributed by atoms with E-state index in [1.165, 1.54) is 31.4 Å². The van der Waals surface area contributed by atoms with Crippen molar-refractivity contribution in [2.45, 2.75) is 13.8 Å². The number of para-hydroxylation sites is 1. The maximum Gasteiger partial charge on any atom is 0.354 e. The highest BCUT2D eigenvalue weighted by atomic mass is 16.5. The van der Waals surface area contributed by atoms with Crippen molar-refractivity contribution < 1.29 is 23.5 Å². The zero-order valence-corrected chi connectivity index (χ0v) is 18.4. The predicted octanol–water partition coefficient (Wildman–Crippen LogP) is 3.70. The fourth-order valence-corrected chi connectivity index (χ4v) is 2.95. The van der Waals surface area contributed by atoms with E-state index in [0.717, 1.165) is 0 Å². The Morgan fingerprint density at radius 1 is 1.18 bits per heavy atom. The summed E-state index contributed by atoms with van der Waals surface area (Å²) in [6.45, 7) is 4.30. The molecule has 8 heteroatoms. The zero-order valence-electron chi connectivity index (χ0n) is 18.4. The summed E-state index contributed by atoms with van der Waals surface area (Å²) in [6, 6.07) is 14.5. The normalized spacial score (nSPS) is 11.2. The van der Waals surface area contributed by atoms with Crippen LogP contribution < -0.4 is 20.4 Å². The lowest BCUT2D eigenvalue weighted by Gasteiger charge is -2.08. The lowest BCUT2D eigenvalue weighted by atomic mass is 10.1. The van der Waals surface area contributed by atoms with Crippen molar-refractivity contribution in [1.82, 2.24) is 5.32 Å². The molecule has 0 atom stereocenters. The molecule has 2 aromatic carbocycles. The monoisotopic (exact) mass is 446 g/mol. The zero-order chi connectivity index (χ0) is 24.0. The van der Waals surface area contributed by atoms with Crippen LogP contribution in [-0.2, 0) is 4.79 Å². The van der Waals surface area contributed by atoms with Crippen LogP contribution in [0.25, 0.3) is 17.0 Å². The average Bonchev–Trinajstić information content (AvgIpc) is 2.80. The van der Waals surface area contributed by atoms with Gasteiger partial charge in [-0.3, -0.25) is 4.79 Å². The molecular formula is C25H22N2O6. The number of hydrogen-bond donors (Lipinski definition) is 1. The number of benzene rings is 2. The molecule has 0 aliphatic heterocycles. The van der Waals surface area contributed by atoms with Crippen molar-refractivity contribution in [3.63, 3.8) is 0 Å². The Morgan fingerprint density at radius 3 is 2.64 bits per heavy atom. The van der Waals surface area contributed by atoms with Crippen molar-refractivity contribution in [2.24, 2.45) is 5.92 Å². The van der Waals surface area contributed by atoms with Crippen LogP contribution in [0.15, 0.2) is 63.3 Å². The molecule has 0 saturated carbocycles. The molecule has 33 heavy (non-hydrogen) atoms. The Balaban J connectivity index is 1.84. The third-order valence-corrected chi connectivity index (χ3v) is 4.61. The van der Waals surface area contributed by atoms with Gasteiger partial charge < -0.3 is 19.2 Å². The molecule has 0 bridgehead atoms. The van der Waals surface area contributed by atoms with E-state index >= 15 is 0 Å². The van der Waals surface area contributed by atoms with Crippen molar-refractivity contribution in [1.29, 1.82) is 5.26 Å². The molecule has 0 aliphatic rings. The first-order chi connectivity index (χ1) is 15.8. The van der Waals surface area contributed by atoms with Crippen molar-refractivity contribution in [3.05, 3.63) is 75.7 Å². The largest absolute Gasteiger partial charge is 0.496 e. The number of fused-ring (bicyclic) bond motifs is 1. The average molecular weight is 446 g/mol. The van der Waals surface area contributed by atoms with Crippen LogP contribution in [-0.4, -0.2) is 25.5 Å². The van der Waals surface area contributed by atoms with E-state index in [4.69, 9.17) is 13.9 Å². The van der Waals surface area contributed by atoms with Crippen LogP contribution in [0, 0.1) is 17.2 Å². The molecule has 3 aromatic rings. The maximum atomic E-state index is 12.5. The minimum atomic E-state index is -0.880. The van der Waals surface area contributed by atoms with Crippen LogP contribution in [0.1, 0.15) is 29.8 Å². The summed E-state index contributed by atoms with van der Waals surface area (Å²) in [6.07, 6.45) is 1.37. The number of nitriles is 1. The Morgan fingerprint density at radius 2 is 1.94 bits per heavy atom. The molecule has 1 heterocycles. The van der Waals surface area contributed by atoms with Crippen LogP contribution in [0.5, 0.6) is 11.5 Å². The number of nitrogens with zero attached hydrogens (tertiary/aromatic N) is 1. The summed E-state index contributed by atoms with van der Waals surface area (Å²) in [4.78, 5) is 37.0. The number of nitrogens with one attached hydrogen (secondary N) is 1. The van der Waals surface area contributed by atoms with Crippen molar-refractivity contribution in [3.8, 4) is 17.6 Å². The molecule has 0 saturated heterocycles. The number of esters is 1. The molecule has 0 fully saturated rings. The number of amides is 1. The first-order valence-corrected chi connectivity index (χ1v) is 10.2. The van der Waals surface area contributed by atoms with Crippen LogP contribution in [0.2, 0.25) is 0 Å². The second-order valence-corrected chi connectivity index (χ2v) is 7.55. The smallest absolute Gasteiger partial charge is 0.354 e. The van der Waals surface area contributed by atoms with E-state index < -0.39 is 17.5 Å². The molecule has 1 amide bonds. The highest BCUT2D eigenvalue weighted by Gasteiger charge is 2.17. The summed E-state index contributed by atoms with van der Waals surface area (Å²) in [5.74, 6) is -0.591. The topological polar surface area (TPSA) is 119 Å². The second-order valence-electron chi connectivity index (χ2n) is 7.55. The molecular weight excluding hydrogens is 424 g/mol. The number of methoxy groups -OCH3 is 1. The fourth-order valence-electron chi connectivity index (χ4n) is 2.95. The van der Waals surface area contributed by atoms with Crippen LogP contribution >= 0.6 is 0 Å². The minimum Gasteiger partial charge on any atom is -0.496 e. The Labute approximate surface area is 190 Å². The van der Waals surface area contributed by atoms with Crippen LogP contribution in [0.3, 0.4) is 0 Å². The molecule has 0 spiro atoms. The van der Waals surface area contributed by atoms with E-state index in [2.05, 4.69) is 5.32 Å². The van der Waals surface area contributed by atoms with Gasteiger partial charge in [-0.1, -0.05) is 32.0 Å². The Hall–Kier alpha value is -4.38. The minimum absolute atomic E-state index is 0.0776. The Kier molecular flexibility index (Phi) is 7.26. The fraction of sp³-hybridized carbons (Fsp3) is 0.200. The summed E-state index contributed by atoms with van der Waals surface area (Å²) in [7, 11) is 1.49. The molecule has 1 N–H and O–H groups in total. The molecule has 1 aromatic heterocycles. The number of hydrogen-bond acceptors (Lipinski definition) is 7. The van der Waals surface area contributed by atoms with E-state index in [-0.39, 0.29) is 28.4 Å². The first-order valence-electron chi connectivity index (χ1n) is 10.2. The standard InChI is InChI=1S/C25H22N2O6/c1-15(2)14-27-23(28)20-11-17-8-9-19(12-22(17)33-25(20)30)32-24(29)18(13-26)10-16-6-4-5-7-21(16)31-3/h4-12,15H,14H2,1-3H3,(H,27,28)/b18-10+. The highest BCUT2D eigenvalue weighted by molar-refractivity contribution is 6.00. The molecule has 168 valence electrons. The number of rotatable bonds is 7. The lowest BCUT2D eigenvalue weighted by molar-refractivity contribution is -0.129. The van der Waals surface area contributed by atoms with Gasteiger partial charge in [-0.15, -0.1) is 0 Å². The van der Waals surface area contributed by atoms with Gasteiger partial charge in [-0.2, -0.15) is 5.26 Å². The molecule has 3 rings (SSSR count). The third kappa shape index (κ3) is 5.66. The number of carbonyl (C=O) groups is 2. The molecule has 0 radical (unpaired) electrons. The summed E-state index contributed by atoms with van der Waals surface area (Å²) < 4.78 is 15.8. The van der Waals surface area contributed by atoms with Gasteiger partial charge in [0.25, 0.3) is 5.91 Å². The third-order valence-electron chi connectivity index (χ3n) is 4.61. The number of ether oxygens (including phenoxy) is 2. The summed E-state index contributed by atoms with van der Waals surface area (Å²) in [5, 5.41) is 12.6. The van der Waals surface area contributed by atoms with E-state index in [0.29, 0.717) is 23.2 Å². The predicted molar refractivity (Wildman–Crippen MR) is 122 cm³/mol. The molecule has 8 nitrogen and oxygen atoms in total. The van der Waals surface area contributed by atoms with Gasteiger partial charge in [-0.05, 0) is 36.3 Å². The van der Waals surface area contributed by atoms with E-state index in [9.17, 15) is 19.6 Å². The van der Waals surface area contributed by atoms with Gasteiger partial charge in [0.15, 0.2) is 0 Å². The van der Waals surface area contributed by atoms with Gasteiger partial charge in [-0.25, -0.2) is 9.59 Å². The summed E-state index contributed by atoms with van der Waals surface area (Å²) >= 11 is 0. The SMILES string of the molecule is COc1ccccc1/C=C(\C#N)C(=O)Oc1ccc2cc(C(=O)NCC(C)C)c(=O)oc2c1. The van der Waals surface area contributed by atoms with Gasteiger partial charge in [0.05, 0.1) is 7.11 Å². The highest BCUT2D eigenvalue weighted by Crippen LogP contribution is 2.23. The van der Waals surface area contributed by atoms with E-state index in [1.807, 2.05) is 19.9 Å². The number of carbonyl (C=O) groups excluding carboxylic acids is 2. The maximum absolute atomic E-state index is 12.5. The van der Waals surface area contributed by atoms with Gasteiger partial charge in [0, 0.05) is 23.6 Å². The molecule has 0 unspecified atom stereocenters. The van der Waals surface area contributed by atoms with Crippen molar-refractivity contribution in [2.75, 3.05) is 13.7 Å². The second kappa shape index (κ2) is 10.3.